The van der Waals surface area contributed by atoms with Crippen LogP contribution in [0.15, 0.2) is 41.0 Å². The van der Waals surface area contributed by atoms with Gasteiger partial charge in [0.05, 0.1) is 29.4 Å². The zero-order chi connectivity index (χ0) is 15.5. The molecule has 2 aromatic rings. The van der Waals surface area contributed by atoms with Gasteiger partial charge < -0.3 is 14.8 Å². The highest BCUT2D eigenvalue weighted by atomic mass is 16.6. The van der Waals surface area contributed by atoms with E-state index in [4.69, 9.17) is 9.68 Å². The number of aliphatic hydroxyl groups is 1. The van der Waals surface area contributed by atoms with Crippen LogP contribution in [0.1, 0.15) is 18.2 Å². The van der Waals surface area contributed by atoms with Gasteiger partial charge in [-0.1, -0.05) is 0 Å². The highest BCUT2D eigenvalue weighted by Gasteiger charge is 2.27. The van der Waals surface area contributed by atoms with Crippen LogP contribution in [0.2, 0.25) is 0 Å². The van der Waals surface area contributed by atoms with Gasteiger partial charge in [-0.05, 0) is 31.2 Å². The lowest BCUT2D eigenvalue weighted by Crippen LogP contribution is -2.30. The fourth-order valence-corrected chi connectivity index (χ4v) is 1.84. The molecule has 1 aromatic carbocycles. The number of nitro groups is 1. The van der Waals surface area contributed by atoms with Crippen LogP contribution in [0, 0.1) is 21.4 Å². The van der Waals surface area contributed by atoms with Crippen molar-refractivity contribution >= 4 is 11.4 Å². The number of nitriles is 1. The Hall–Kier alpha value is -2.85. The second kappa shape index (κ2) is 5.64. The van der Waals surface area contributed by atoms with Crippen molar-refractivity contribution in [1.82, 2.24) is 0 Å². The first-order valence-electron chi connectivity index (χ1n) is 6.13. The molecule has 2 N–H and O–H groups in total. The highest BCUT2D eigenvalue weighted by Crippen LogP contribution is 2.28. The lowest BCUT2D eigenvalue weighted by Gasteiger charge is -2.21. The van der Waals surface area contributed by atoms with Crippen LogP contribution in [0.3, 0.4) is 0 Å². The van der Waals surface area contributed by atoms with Crippen LogP contribution in [-0.2, 0) is 5.60 Å². The number of nitrogens with zero attached hydrogens (tertiary/aromatic N) is 2. The highest BCUT2D eigenvalue weighted by molar-refractivity contribution is 5.64. The Labute approximate surface area is 120 Å². The van der Waals surface area contributed by atoms with Gasteiger partial charge in [-0.2, -0.15) is 5.26 Å². The van der Waals surface area contributed by atoms with Crippen LogP contribution >= 0.6 is 0 Å². The van der Waals surface area contributed by atoms with Crippen LogP contribution in [0.4, 0.5) is 11.4 Å². The van der Waals surface area contributed by atoms with Gasteiger partial charge in [-0.3, -0.25) is 10.1 Å². The van der Waals surface area contributed by atoms with Crippen molar-refractivity contribution in [3.05, 3.63) is 58.0 Å². The molecule has 0 fully saturated rings. The van der Waals surface area contributed by atoms with Crippen molar-refractivity contribution in [3.63, 3.8) is 0 Å². The quantitative estimate of drug-likeness (QED) is 0.645. The summed E-state index contributed by atoms with van der Waals surface area (Å²) in [5.41, 5.74) is -1.11. The molecule has 0 aliphatic carbocycles. The predicted molar refractivity (Wildman–Crippen MR) is 74.6 cm³/mol. The van der Waals surface area contributed by atoms with E-state index in [1.807, 2.05) is 6.07 Å². The van der Waals surface area contributed by atoms with Gasteiger partial charge in [0.15, 0.2) is 0 Å². The maximum absolute atomic E-state index is 11.0. The summed E-state index contributed by atoms with van der Waals surface area (Å²) < 4.78 is 5.13. The first-order chi connectivity index (χ1) is 9.94. The number of furan rings is 1. The fourth-order valence-electron chi connectivity index (χ4n) is 1.84. The minimum atomic E-state index is -1.31. The summed E-state index contributed by atoms with van der Waals surface area (Å²) in [4.78, 5) is 10.4. The molecule has 21 heavy (non-hydrogen) atoms. The Bertz CT molecular complexity index is 687. The molecule has 1 atom stereocenters. The van der Waals surface area contributed by atoms with Crippen LogP contribution in [-0.4, -0.2) is 16.6 Å². The van der Waals surface area contributed by atoms with Crippen LogP contribution < -0.4 is 5.32 Å². The zero-order valence-corrected chi connectivity index (χ0v) is 11.2. The standard InChI is InChI=1S/C14H13N3O4/c1-14(18,13-3-2-6-21-13)9-16-11-5-4-10(8-15)7-12(11)17(19)20/h2-7,16,18H,9H2,1H3. The molecular weight excluding hydrogens is 274 g/mol. The summed E-state index contributed by atoms with van der Waals surface area (Å²) in [7, 11) is 0. The molecule has 108 valence electrons. The molecule has 0 saturated carbocycles. The Balaban J connectivity index is 2.21. The average molecular weight is 287 g/mol. The smallest absolute Gasteiger partial charge is 0.293 e. The van der Waals surface area contributed by atoms with Gasteiger partial charge in [-0.15, -0.1) is 0 Å². The van der Waals surface area contributed by atoms with E-state index in [0.717, 1.165) is 0 Å². The van der Waals surface area contributed by atoms with Gasteiger partial charge in [0.2, 0.25) is 0 Å². The Kier molecular flexibility index (Phi) is 3.91. The summed E-state index contributed by atoms with van der Waals surface area (Å²) in [6.07, 6.45) is 1.44. The van der Waals surface area contributed by atoms with Crippen molar-refractivity contribution in [2.75, 3.05) is 11.9 Å². The minimum Gasteiger partial charge on any atom is -0.466 e. The normalized spacial score (nSPS) is 13.2. The van der Waals surface area contributed by atoms with Crippen molar-refractivity contribution in [3.8, 4) is 6.07 Å². The van der Waals surface area contributed by atoms with Gasteiger partial charge >= 0.3 is 0 Å². The topological polar surface area (TPSA) is 112 Å². The summed E-state index contributed by atoms with van der Waals surface area (Å²) in [6.45, 7) is 1.56. The van der Waals surface area contributed by atoms with Crippen LogP contribution in [0.25, 0.3) is 0 Å². The number of hydrogen-bond donors (Lipinski definition) is 2. The summed E-state index contributed by atoms with van der Waals surface area (Å²) in [5, 5.41) is 32.9. The average Bonchev–Trinajstić information content (AvgIpc) is 3.00. The van der Waals surface area contributed by atoms with Gasteiger partial charge in [0.1, 0.15) is 17.0 Å². The molecule has 0 spiro atoms. The second-order valence-electron chi connectivity index (χ2n) is 4.71. The first-order valence-corrected chi connectivity index (χ1v) is 6.13. The van der Waals surface area contributed by atoms with E-state index in [-0.39, 0.29) is 23.5 Å². The molecule has 0 amide bonds. The van der Waals surface area contributed by atoms with E-state index in [9.17, 15) is 15.2 Å². The maximum Gasteiger partial charge on any atom is 0.293 e. The molecule has 7 nitrogen and oxygen atoms in total. The maximum atomic E-state index is 11.0. The minimum absolute atomic E-state index is 0.0211. The van der Waals surface area contributed by atoms with E-state index in [1.54, 1.807) is 12.1 Å². The summed E-state index contributed by atoms with van der Waals surface area (Å²) >= 11 is 0. The lowest BCUT2D eigenvalue weighted by molar-refractivity contribution is -0.384. The summed E-state index contributed by atoms with van der Waals surface area (Å²) in [6, 6.07) is 9.21. The SMILES string of the molecule is CC(O)(CNc1ccc(C#N)cc1[N+](=O)[O-])c1ccco1. The molecule has 0 saturated heterocycles. The molecule has 1 heterocycles. The molecular formula is C14H13N3O4. The number of nitrogens with one attached hydrogen (secondary N) is 1. The fraction of sp³-hybridized carbons (Fsp3) is 0.214. The number of rotatable bonds is 5. The molecule has 1 aromatic heterocycles. The van der Waals surface area contributed by atoms with Crippen molar-refractivity contribution in [1.29, 1.82) is 5.26 Å². The Morgan fingerprint density at radius 3 is 2.86 bits per heavy atom. The molecule has 7 heteroatoms. The zero-order valence-electron chi connectivity index (χ0n) is 11.2. The van der Waals surface area contributed by atoms with Crippen molar-refractivity contribution in [2.45, 2.75) is 12.5 Å². The third-order valence-electron chi connectivity index (χ3n) is 3.00. The van der Waals surface area contributed by atoms with Crippen molar-refractivity contribution in [2.24, 2.45) is 0 Å². The summed E-state index contributed by atoms with van der Waals surface area (Å²) in [5.74, 6) is 0.353. The number of hydrogen-bond acceptors (Lipinski definition) is 6. The predicted octanol–water partition coefficient (Wildman–Crippen LogP) is 2.38. The largest absolute Gasteiger partial charge is 0.466 e. The third kappa shape index (κ3) is 3.19. The number of anilines is 1. The first kappa shape index (κ1) is 14.6. The molecule has 0 aliphatic rings. The Morgan fingerprint density at radius 1 is 1.52 bits per heavy atom. The van der Waals surface area contributed by atoms with E-state index in [1.165, 1.54) is 31.4 Å². The lowest BCUT2D eigenvalue weighted by atomic mass is 10.0. The molecule has 1 unspecified atom stereocenters. The second-order valence-corrected chi connectivity index (χ2v) is 4.71. The van der Waals surface area contributed by atoms with Gasteiger partial charge in [0.25, 0.3) is 5.69 Å². The monoisotopic (exact) mass is 287 g/mol. The number of benzene rings is 1. The van der Waals surface area contributed by atoms with E-state index in [2.05, 4.69) is 5.32 Å². The number of nitro benzene ring substituents is 1. The molecule has 2 rings (SSSR count). The Morgan fingerprint density at radius 2 is 2.29 bits per heavy atom. The van der Waals surface area contributed by atoms with Gasteiger partial charge in [0, 0.05) is 6.07 Å². The van der Waals surface area contributed by atoms with E-state index < -0.39 is 10.5 Å². The van der Waals surface area contributed by atoms with E-state index in [0.29, 0.717) is 5.76 Å². The van der Waals surface area contributed by atoms with Crippen LogP contribution in [0.5, 0.6) is 0 Å². The molecule has 0 radical (unpaired) electrons. The van der Waals surface area contributed by atoms with Crippen molar-refractivity contribution < 1.29 is 14.4 Å². The molecule has 0 aliphatic heterocycles. The van der Waals surface area contributed by atoms with E-state index >= 15 is 0 Å². The molecule has 0 bridgehead atoms. The third-order valence-corrected chi connectivity index (χ3v) is 3.00. The van der Waals surface area contributed by atoms with Gasteiger partial charge in [-0.25, -0.2) is 0 Å².